The highest BCUT2D eigenvalue weighted by atomic mass is 16.5. The summed E-state index contributed by atoms with van der Waals surface area (Å²) in [6.07, 6.45) is 0.989. The highest BCUT2D eigenvalue weighted by molar-refractivity contribution is 5.89. The summed E-state index contributed by atoms with van der Waals surface area (Å²) in [5.74, 6) is 1.71. The number of nitrogens with one attached hydrogen (secondary N) is 2. The quantitative estimate of drug-likeness (QED) is 0.572. The van der Waals surface area contributed by atoms with Crippen LogP contribution in [0.1, 0.15) is 30.6 Å². The average Bonchev–Trinajstić information content (AvgIpc) is 2.74. The molecule has 0 bridgehead atoms. The van der Waals surface area contributed by atoms with E-state index in [-0.39, 0.29) is 5.97 Å². The summed E-state index contributed by atoms with van der Waals surface area (Å²) >= 11 is 0. The summed E-state index contributed by atoms with van der Waals surface area (Å²) in [7, 11) is 1.37. The van der Waals surface area contributed by atoms with Gasteiger partial charge in [0.05, 0.1) is 12.7 Å². The lowest BCUT2D eigenvalue weighted by molar-refractivity contribution is 0.0601. The van der Waals surface area contributed by atoms with Gasteiger partial charge in [0.15, 0.2) is 5.82 Å². The van der Waals surface area contributed by atoms with E-state index in [0.29, 0.717) is 23.2 Å². The molecule has 0 spiro atoms. The Morgan fingerprint density at radius 1 is 1.04 bits per heavy atom. The van der Waals surface area contributed by atoms with E-state index in [9.17, 15) is 4.79 Å². The minimum absolute atomic E-state index is 0.297. The maximum atomic E-state index is 11.6. The van der Waals surface area contributed by atoms with Crippen LogP contribution < -0.4 is 10.6 Å². The number of carbonyl (C=O) groups excluding carboxylic acids is 1. The standard InChI is InChI=1S/C22H24N4O2/c1-4-15(2)23-19-14-20(26-21(25-19)16-8-6-5-7-9-16)24-18-12-10-17(11-13-18)22(27)28-3/h5-15H,4H2,1-3H3,(H2,23,24,25,26). The maximum absolute atomic E-state index is 11.6. The molecule has 3 rings (SSSR count). The number of methoxy groups -OCH3 is 1. The van der Waals surface area contributed by atoms with Crippen LogP contribution in [0.2, 0.25) is 0 Å². The van der Waals surface area contributed by atoms with Gasteiger partial charge < -0.3 is 15.4 Å². The van der Waals surface area contributed by atoms with Crippen molar-refractivity contribution in [2.24, 2.45) is 0 Å². The molecule has 0 saturated heterocycles. The molecular formula is C22H24N4O2. The Kier molecular flexibility index (Phi) is 6.22. The first kappa shape index (κ1) is 19.4. The number of aromatic nitrogens is 2. The number of anilines is 3. The molecule has 0 saturated carbocycles. The second-order valence-corrected chi connectivity index (χ2v) is 6.48. The van der Waals surface area contributed by atoms with Gasteiger partial charge >= 0.3 is 5.97 Å². The minimum Gasteiger partial charge on any atom is -0.465 e. The van der Waals surface area contributed by atoms with Crippen LogP contribution in [0.5, 0.6) is 0 Å². The Balaban J connectivity index is 1.90. The summed E-state index contributed by atoms with van der Waals surface area (Å²) in [5, 5.41) is 6.69. The smallest absolute Gasteiger partial charge is 0.337 e. The zero-order chi connectivity index (χ0) is 19.9. The highest BCUT2D eigenvalue weighted by Crippen LogP contribution is 2.23. The first-order chi connectivity index (χ1) is 13.6. The molecule has 144 valence electrons. The van der Waals surface area contributed by atoms with E-state index in [1.807, 2.05) is 48.5 Å². The minimum atomic E-state index is -0.361. The molecule has 0 radical (unpaired) electrons. The van der Waals surface area contributed by atoms with Crippen LogP contribution in [0.4, 0.5) is 17.3 Å². The van der Waals surface area contributed by atoms with Crippen LogP contribution in [-0.4, -0.2) is 29.1 Å². The molecule has 0 aliphatic carbocycles. The van der Waals surface area contributed by atoms with Crippen molar-refractivity contribution in [2.45, 2.75) is 26.3 Å². The molecular weight excluding hydrogens is 352 g/mol. The number of rotatable bonds is 7. The predicted octanol–water partition coefficient (Wildman–Crippen LogP) is 4.88. The molecule has 1 heterocycles. The van der Waals surface area contributed by atoms with Gasteiger partial charge in [0.2, 0.25) is 0 Å². The Bertz CT molecular complexity index is 927. The third-order valence-electron chi connectivity index (χ3n) is 4.34. The molecule has 0 fully saturated rings. The molecule has 2 N–H and O–H groups in total. The Morgan fingerprint density at radius 2 is 1.71 bits per heavy atom. The van der Waals surface area contributed by atoms with Crippen LogP contribution in [0, 0.1) is 0 Å². The molecule has 1 atom stereocenters. The van der Waals surface area contributed by atoms with Crippen molar-refractivity contribution in [1.82, 2.24) is 9.97 Å². The van der Waals surface area contributed by atoms with Gasteiger partial charge in [0.1, 0.15) is 11.6 Å². The lowest BCUT2D eigenvalue weighted by Gasteiger charge is -2.15. The number of hydrogen-bond acceptors (Lipinski definition) is 6. The van der Waals surface area contributed by atoms with E-state index < -0.39 is 0 Å². The summed E-state index contributed by atoms with van der Waals surface area (Å²) < 4.78 is 4.73. The van der Waals surface area contributed by atoms with Crippen LogP contribution in [0.25, 0.3) is 11.4 Å². The zero-order valence-corrected chi connectivity index (χ0v) is 16.3. The molecule has 0 aliphatic rings. The van der Waals surface area contributed by atoms with Crippen molar-refractivity contribution in [1.29, 1.82) is 0 Å². The van der Waals surface area contributed by atoms with Crippen LogP contribution in [-0.2, 0) is 4.74 Å². The molecule has 0 amide bonds. The maximum Gasteiger partial charge on any atom is 0.337 e. The average molecular weight is 376 g/mol. The second kappa shape index (κ2) is 8.99. The van der Waals surface area contributed by atoms with Gasteiger partial charge in [-0.25, -0.2) is 14.8 Å². The van der Waals surface area contributed by atoms with Gasteiger partial charge in [-0.2, -0.15) is 0 Å². The molecule has 6 heteroatoms. The van der Waals surface area contributed by atoms with Crippen molar-refractivity contribution in [2.75, 3.05) is 17.7 Å². The van der Waals surface area contributed by atoms with Gasteiger partial charge in [0.25, 0.3) is 0 Å². The SMILES string of the molecule is CCC(C)Nc1cc(Nc2ccc(C(=O)OC)cc2)nc(-c2ccccc2)n1. The third-order valence-corrected chi connectivity index (χ3v) is 4.34. The van der Waals surface area contributed by atoms with Gasteiger partial charge in [-0.15, -0.1) is 0 Å². The fourth-order valence-electron chi connectivity index (χ4n) is 2.61. The van der Waals surface area contributed by atoms with Crippen molar-refractivity contribution in [3.05, 3.63) is 66.2 Å². The topological polar surface area (TPSA) is 76.1 Å². The summed E-state index contributed by atoms with van der Waals surface area (Å²) in [4.78, 5) is 20.9. The van der Waals surface area contributed by atoms with Crippen LogP contribution >= 0.6 is 0 Å². The highest BCUT2D eigenvalue weighted by Gasteiger charge is 2.10. The van der Waals surface area contributed by atoms with E-state index in [1.165, 1.54) is 7.11 Å². The molecule has 3 aromatic rings. The molecule has 1 aromatic heterocycles. The molecule has 6 nitrogen and oxygen atoms in total. The van der Waals surface area contributed by atoms with E-state index in [4.69, 9.17) is 4.74 Å². The lowest BCUT2D eigenvalue weighted by Crippen LogP contribution is -2.15. The number of ether oxygens (including phenoxy) is 1. The second-order valence-electron chi connectivity index (χ2n) is 6.48. The van der Waals surface area contributed by atoms with Gasteiger partial charge in [-0.05, 0) is 37.6 Å². The Hall–Kier alpha value is -3.41. The molecule has 2 aromatic carbocycles. The van der Waals surface area contributed by atoms with Crippen molar-refractivity contribution in [3.63, 3.8) is 0 Å². The van der Waals surface area contributed by atoms with E-state index in [0.717, 1.165) is 23.5 Å². The Labute approximate surface area is 165 Å². The van der Waals surface area contributed by atoms with Gasteiger partial charge in [0, 0.05) is 23.4 Å². The first-order valence-electron chi connectivity index (χ1n) is 9.25. The number of hydrogen-bond donors (Lipinski definition) is 2. The lowest BCUT2D eigenvalue weighted by atomic mass is 10.2. The molecule has 28 heavy (non-hydrogen) atoms. The first-order valence-corrected chi connectivity index (χ1v) is 9.25. The van der Waals surface area contributed by atoms with Crippen LogP contribution in [0.3, 0.4) is 0 Å². The molecule has 1 unspecified atom stereocenters. The van der Waals surface area contributed by atoms with Crippen LogP contribution in [0.15, 0.2) is 60.7 Å². The fourth-order valence-corrected chi connectivity index (χ4v) is 2.61. The summed E-state index contributed by atoms with van der Waals surface area (Å²) in [6, 6.07) is 19.1. The van der Waals surface area contributed by atoms with Crippen molar-refractivity contribution >= 4 is 23.3 Å². The summed E-state index contributed by atoms with van der Waals surface area (Å²) in [6.45, 7) is 4.24. The predicted molar refractivity (Wildman–Crippen MR) is 112 cm³/mol. The van der Waals surface area contributed by atoms with Crippen molar-refractivity contribution < 1.29 is 9.53 Å². The third kappa shape index (κ3) is 4.85. The number of esters is 1. The number of benzene rings is 2. The normalized spacial score (nSPS) is 11.5. The summed E-state index contributed by atoms with van der Waals surface area (Å²) in [5.41, 5.74) is 2.26. The van der Waals surface area contributed by atoms with Gasteiger partial charge in [-0.3, -0.25) is 0 Å². The Morgan fingerprint density at radius 3 is 2.36 bits per heavy atom. The van der Waals surface area contributed by atoms with Gasteiger partial charge in [-0.1, -0.05) is 37.3 Å². The van der Waals surface area contributed by atoms with E-state index >= 15 is 0 Å². The fraction of sp³-hybridized carbons (Fsp3) is 0.227. The number of nitrogens with zero attached hydrogens (tertiary/aromatic N) is 2. The van der Waals surface area contributed by atoms with Crippen molar-refractivity contribution in [3.8, 4) is 11.4 Å². The largest absolute Gasteiger partial charge is 0.465 e. The number of carbonyl (C=O) groups is 1. The van der Waals surface area contributed by atoms with E-state index in [1.54, 1.807) is 12.1 Å². The molecule has 0 aliphatic heterocycles. The monoisotopic (exact) mass is 376 g/mol. The van der Waals surface area contributed by atoms with E-state index in [2.05, 4.69) is 34.4 Å². The zero-order valence-electron chi connectivity index (χ0n) is 16.3.